The summed E-state index contributed by atoms with van der Waals surface area (Å²) in [6.45, 7) is 7.50. The van der Waals surface area contributed by atoms with E-state index in [9.17, 15) is 0 Å². The molecule has 17 heavy (non-hydrogen) atoms. The summed E-state index contributed by atoms with van der Waals surface area (Å²) < 4.78 is 0. The second-order valence-corrected chi connectivity index (χ2v) is 4.87. The number of hydrogen-bond acceptors (Lipinski definition) is 3. The van der Waals surface area contributed by atoms with Crippen LogP contribution in [0.15, 0.2) is 18.2 Å². The maximum absolute atomic E-state index is 4.55. The SMILES string of the molecule is CCN(CCCCCS)Cc1cccc(C)n1. The van der Waals surface area contributed by atoms with Gasteiger partial charge < -0.3 is 0 Å². The van der Waals surface area contributed by atoms with Crippen LogP contribution < -0.4 is 0 Å². The van der Waals surface area contributed by atoms with E-state index in [0.717, 1.165) is 24.5 Å². The van der Waals surface area contributed by atoms with Crippen molar-refractivity contribution in [2.45, 2.75) is 39.7 Å². The number of pyridine rings is 1. The van der Waals surface area contributed by atoms with Crippen molar-refractivity contribution in [2.24, 2.45) is 0 Å². The van der Waals surface area contributed by atoms with E-state index in [0.29, 0.717) is 0 Å². The quantitative estimate of drug-likeness (QED) is 0.564. The summed E-state index contributed by atoms with van der Waals surface area (Å²) in [5, 5.41) is 0. The first-order valence-electron chi connectivity index (χ1n) is 6.52. The summed E-state index contributed by atoms with van der Waals surface area (Å²) in [5.74, 6) is 1.01. The number of aromatic nitrogens is 1. The monoisotopic (exact) mass is 252 g/mol. The van der Waals surface area contributed by atoms with Crippen LogP contribution >= 0.6 is 12.6 Å². The summed E-state index contributed by atoms with van der Waals surface area (Å²) >= 11 is 4.24. The molecule has 0 spiro atoms. The van der Waals surface area contributed by atoms with Crippen LogP contribution in [0, 0.1) is 6.92 Å². The lowest BCUT2D eigenvalue weighted by molar-refractivity contribution is 0.270. The van der Waals surface area contributed by atoms with E-state index in [4.69, 9.17) is 0 Å². The molecule has 1 rings (SSSR count). The van der Waals surface area contributed by atoms with Gasteiger partial charge in [-0.2, -0.15) is 12.6 Å². The van der Waals surface area contributed by atoms with Gasteiger partial charge in [-0.1, -0.05) is 19.4 Å². The largest absolute Gasteiger partial charge is 0.298 e. The van der Waals surface area contributed by atoms with Gasteiger partial charge in [-0.25, -0.2) is 0 Å². The molecule has 0 aliphatic heterocycles. The van der Waals surface area contributed by atoms with Crippen molar-refractivity contribution in [1.82, 2.24) is 9.88 Å². The van der Waals surface area contributed by atoms with Gasteiger partial charge >= 0.3 is 0 Å². The standard InChI is InChI=1S/C14H24N2S/c1-3-16(10-5-4-6-11-17)12-14-9-7-8-13(2)15-14/h7-9,17H,3-6,10-12H2,1-2H3. The molecule has 0 radical (unpaired) electrons. The second kappa shape index (κ2) is 8.54. The fraction of sp³-hybridized carbons (Fsp3) is 0.643. The maximum Gasteiger partial charge on any atom is 0.0547 e. The molecule has 0 atom stereocenters. The van der Waals surface area contributed by atoms with Gasteiger partial charge in [-0.3, -0.25) is 9.88 Å². The summed E-state index contributed by atoms with van der Waals surface area (Å²) in [4.78, 5) is 7.01. The predicted octanol–water partition coefficient (Wildman–Crippen LogP) is 3.31. The van der Waals surface area contributed by atoms with Crippen LogP contribution in [0.5, 0.6) is 0 Å². The molecule has 96 valence electrons. The van der Waals surface area contributed by atoms with Crippen LogP contribution in [-0.2, 0) is 6.54 Å². The molecule has 0 amide bonds. The zero-order chi connectivity index (χ0) is 12.5. The minimum absolute atomic E-state index is 0.971. The van der Waals surface area contributed by atoms with Crippen molar-refractivity contribution < 1.29 is 0 Å². The molecule has 1 aromatic rings. The van der Waals surface area contributed by atoms with E-state index in [1.165, 1.54) is 31.5 Å². The molecule has 0 fully saturated rings. The third-order valence-corrected chi connectivity index (χ3v) is 3.23. The van der Waals surface area contributed by atoms with Crippen molar-refractivity contribution in [2.75, 3.05) is 18.8 Å². The van der Waals surface area contributed by atoms with Crippen molar-refractivity contribution in [1.29, 1.82) is 0 Å². The average Bonchev–Trinajstić information content (AvgIpc) is 2.33. The Morgan fingerprint density at radius 1 is 1.24 bits per heavy atom. The summed E-state index contributed by atoms with van der Waals surface area (Å²) in [5.41, 5.74) is 2.29. The highest BCUT2D eigenvalue weighted by Gasteiger charge is 2.04. The molecule has 0 unspecified atom stereocenters. The number of rotatable bonds is 8. The zero-order valence-corrected chi connectivity index (χ0v) is 11.9. The van der Waals surface area contributed by atoms with Gasteiger partial charge in [0.2, 0.25) is 0 Å². The van der Waals surface area contributed by atoms with Crippen LogP contribution in [0.1, 0.15) is 37.6 Å². The molecule has 1 aromatic heterocycles. The number of hydrogen-bond donors (Lipinski definition) is 1. The molecule has 0 N–H and O–H groups in total. The molecule has 0 aliphatic carbocycles. The molecule has 0 aromatic carbocycles. The fourth-order valence-corrected chi connectivity index (χ4v) is 2.11. The Kier molecular flexibility index (Phi) is 7.29. The number of unbranched alkanes of at least 4 members (excludes halogenated alkanes) is 2. The van der Waals surface area contributed by atoms with Crippen LogP contribution in [0.25, 0.3) is 0 Å². The van der Waals surface area contributed by atoms with E-state index >= 15 is 0 Å². The van der Waals surface area contributed by atoms with E-state index in [1.54, 1.807) is 0 Å². The molecule has 3 heteroatoms. The van der Waals surface area contributed by atoms with Gasteiger partial charge in [0.25, 0.3) is 0 Å². The zero-order valence-electron chi connectivity index (χ0n) is 11.0. The average molecular weight is 252 g/mol. The molecular weight excluding hydrogens is 228 g/mol. The topological polar surface area (TPSA) is 16.1 Å². The lowest BCUT2D eigenvalue weighted by atomic mass is 10.2. The van der Waals surface area contributed by atoms with E-state index < -0.39 is 0 Å². The summed E-state index contributed by atoms with van der Waals surface area (Å²) in [6, 6.07) is 6.25. The Balaban J connectivity index is 2.35. The van der Waals surface area contributed by atoms with Crippen molar-refractivity contribution in [3.05, 3.63) is 29.6 Å². The highest BCUT2D eigenvalue weighted by molar-refractivity contribution is 7.80. The number of thiol groups is 1. The maximum atomic E-state index is 4.55. The molecule has 1 heterocycles. The Bertz CT molecular complexity index is 315. The lowest BCUT2D eigenvalue weighted by Gasteiger charge is -2.19. The van der Waals surface area contributed by atoms with Gasteiger partial charge in [-0.15, -0.1) is 0 Å². The Morgan fingerprint density at radius 3 is 2.71 bits per heavy atom. The minimum Gasteiger partial charge on any atom is -0.298 e. The molecule has 0 saturated heterocycles. The smallest absolute Gasteiger partial charge is 0.0547 e. The fourth-order valence-electron chi connectivity index (χ4n) is 1.89. The van der Waals surface area contributed by atoms with Gasteiger partial charge in [-0.05, 0) is 50.7 Å². The molecule has 0 bridgehead atoms. The van der Waals surface area contributed by atoms with E-state index in [1.807, 2.05) is 13.0 Å². The van der Waals surface area contributed by atoms with E-state index in [-0.39, 0.29) is 0 Å². The molecule has 2 nitrogen and oxygen atoms in total. The van der Waals surface area contributed by atoms with Crippen LogP contribution in [0.3, 0.4) is 0 Å². The van der Waals surface area contributed by atoms with Crippen LogP contribution in [-0.4, -0.2) is 28.7 Å². The van der Waals surface area contributed by atoms with Crippen molar-refractivity contribution in [3.63, 3.8) is 0 Å². The molecule has 0 saturated carbocycles. The second-order valence-electron chi connectivity index (χ2n) is 4.42. The van der Waals surface area contributed by atoms with Gasteiger partial charge in [0.15, 0.2) is 0 Å². The van der Waals surface area contributed by atoms with Crippen molar-refractivity contribution >= 4 is 12.6 Å². The van der Waals surface area contributed by atoms with Gasteiger partial charge in [0.1, 0.15) is 0 Å². The third-order valence-electron chi connectivity index (χ3n) is 2.91. The third kappa shape index (κ3) is 6.08. The van der Waals surface area contributed by atoms with Crippen LogP contribution in [0.4, 0.5) is 0 Å². The first-order chi connectivity index (χ1) is 8.26. The van der Waals surface area contributed by atoms with E-state index in [2.05, 4.69) is 41.6 Å². The van der Waals surface area contributed by atoms with Crippen molar-refractivity contribution in [3.8, 4) is 0 Å². The van der Waals surface area contributed by atoms with Crippen LogP contribution in [0.2, 0.25) is 0 Å². The minimum atomic E-state index is 0.971. The highest BCUT2D eigenvalue weighted by atomic mass is 32.1. The molecular formula is C14H24N2S. The van der Waals surface area contributed by atoms with Gasteiger partial charge in [0.05, 0.1) is 5.69 Å². The first kappa shape index (κ1) is 14.5. The highest BCUT2D eigenvalue weighted by Crippen LogP contribution is 2.06. The number of aryl methyl sites for hydroxylation is 1. The molecule has 0 aliphatic rings. The summed E-state index contributed by atoms with van der Waals surface area (Å²) in [7, 11) is 0. The predicted molar refractivity (Wildman–Crippen MR) is 77.6 cm³/mol. The lowest BCUT2D eigenvalue weighted by Crippen LogP contribution is -2.24. The number of nitrogens with zero attached hydrogens (tertiary/aromatic N) is 2. The Hall–Kier alpha value is -0.540. The Morgan fingerprint density at radius 2 is 2.06 bits per heavy atom. The first-order valence-corrected chi connectivity index (χ1v) is 7.15. The normalized spacial score (nSPS) is 11.1. The summed E-state index contributed by atoms with van der Waals surface area (Å²) in [6.07, 6.45) is 3.77. The Labute approximate surface area is 111 Å². The van der Waals surface area contributed by atoms with Gasteiger partial charge in [0, 0.05) is 12.2 Å².